The van der Waals surface area contributed by atoms with Crippen LogP contribution in [0.15, 0.2) is 12.1 Å². The van der Waals surface area contributed by atoms with Gasteiger partial charge in [0.05, 0.1) is 6.10 Å². The summed E-state index contributed by atoms with van der Waals surface area (Å²) in [6.07, 6.45) is 8.74. The highest BCUT2D eigenvalue weighted by Crippen LogP contribution is 2.35. The summed E-state index contributed by atoms with van der Waals surface area (Å²) in [5, 5.41) is 10.8. The highest BCUT2D eigenvalue weighted by atomic mass is 16.3. The van der Waals surface area contributed by atoms with Crippen molar-refractivity contribution in [1.82, 2.24) is 0 Å². The van der Waals surface area contributed by atoms with Gasteiger partial charge in [0.2, 0.25) is 0 Å². The van der Waals surface area contributed by atoms with Crippen LogP contribution in [-0.4, -0.2) is 5.11 Å². The second kappa shape index (κ2) is 6.56. The molecule has 1 saturated carbocycles. The smallest absolute Gasteiger partial charge is 0.0823 e. The first-order valence-corrected chi connectivity index (χ1v) is 7.85. The Morgan fingerprint density at radius 2 is 1.37 bits per heavy atom. The van der Waals surface area contributed by atoms with Gasteiger partial charge < -0.3 is 5.11 Å². The van der Waals surface area contributed by atoms with E-state index in [9.17, 15) is 5.11 Å². The van der Waals surface area contributed by atoms with Crippen LogP contribution in [0.3, 0.4) is 0 Å². The molecule has 1 N–H and O–H groups in total. The van der Waals surface area contributed by atoms with Crippen molar-refractivity contribution in [3.63, 3.8) is 0 Å². The summed E-state index contributed by atoms with van der Waals surface area (Å²) in [5.41, 5.74) is 5.00. The third-order valence-electron chi connectivity index (χ3n) is 4.63. The molecule has 1 aliphatic rings. The van der Waals surface area contributed by atoms with Crippen molar-refractivity contribution in [1.29, 1.82) is 0 Å². The lowest BCUT2D eigenvalue weighted by atomic mass is 9.82. The molecule has 0 heterocycles. The summed E-state index contributed by atoms with van der Waals surface area (Å²) < 4.78 is 0. The van der Waals surface area contributed by atoms with Gasteiger partial charge in [-0.3, -0.25) is 0 Å². The van der Waals surface area contributed by atoms with Gasteiger partial charge >= 0.3 is 0 Å². The van der Waals surface area contributed by atoms with Crippen molar-refractivity contribution in [3.05, 3.63) is 34.4 Å². The van der Waals surface area contributed by atoms with E-state index < -0.39 is 0 Å². The van der Waals surface area contributed by atoms with E-state index in [-0.39, 0.29) is 6.10 Å². The van der Waals surface area contributed by atoms with Crippen molar-refractivity contribution >= 4 is 0 Å². The molecule has 0 aliphatic heterocycles. The number of aliphatic hydroxyl groups excluding tert-OH is 1. The first kappa shape index (κ1) is 14.6. The summed E-state index contributed by atoms with van der Waals surface area (Å²) in [6.45, 7) is 6.41. The van der Waals surface area contributed by atoms with Gasteiger partial charge in [-0.1, -0.05) is 49.8 Å². The van der Waals surface area contributed by atoms with Crippen LogP contribution < -0.4 is 0 Å². The van der Waals surface area contributed by atoms with Gasteiger partial charge in [-0.25, -0.2) is 0 Å². The van der Waals surface area contributed by atoms with Crippen molar-refractivity contribution in [3.8, 4) is 0 Å². The van der Waals surface area contributed by atoms with Gasteiger partial charge in [0, 0.05) is 0 Å². The lowest BCUT2D eigenvalue weighted by molar-refractivity contribution is 0.0901. The minimum atomic E-state index is -0.265. The molecule has 1 heteroatoms. The van der Waals surface area contributed by atoms with E-state index in [0.717, 1.165) is 0 Å². The molecular formula is C18H28O. The van der Waals surface area contributed by atoms with E-state index in [0.29, 0.717) is 5.92 Å². The molecule has 0 aromatic heterocycles. The lowest BCUT2D eigenvalue weighted by Crippen LogP contribution is -2.16. The Morgan fingerprint density at radius 3 is 1.89 bits per heavy atom. The molecule has 1 fully saturated rings. The molecule has 0 saturated heterocycles. The first-order valence-electron chi connectivity index (χ1n) is 7.85. The Balaban J connectivity index is 2.19. The van der Waals surface area contributed by atoms with Crippen LogP contribution in [0, 0.1) is 26.7 Å². The first-order chi connectivity index (χ1) is 9.09. The minimum absolute atomic E-state index is 0.265. The second-order valence-corrected chi connectivity index (χ2v) is 6.36. The summed E-state index contributed by atoms with van der Waals surface area (Å²) in [6, 6.07) is 4.41. The largest absolute Gasteiger partial charge is 0.388 e. The van der Waals surface area contributed by atoms with E-state index in [2.05, 4.69) is 32.9 Å². The van der Waals surface area contributed by atoms with Crippen LogP contribution in [-0.2, 0) is 0 Å². The number of aliphatic hydroxyl groups is 1. The number of hydrogen-bond donors (Lipinski definition) is 1. The molecule has 1 unspecified atom stereocenters. The zero-order valence-electron chi connectivity index (χ0n) is 12.7. The Kier molecular flexibility index (Phi) is 5.04. The van der Waals surface area contributed by atoms with Gasteiger partial charge in [-0.05, 0) is 56.2 Å². The van der Waals surface area contributed by atoms with Crippen molar-refractivity contribution in [2.24, 2.45) is 5.92 Å². The molecule has 0 bridgehead atoms. The topological polar surface area (TPSA) is 20.2 Å². The van der Waals surface area contributed by atoms with Crippen LogP contribution in [0.4, 0.5) is 0 Å². The molecule has 0 spiro atoms. The number of aryl methyl sites for hydroxylation is 3. The molecule has 2 rings (SSSR count). The van der Waals surface area contributed by atoms with Gasteiger partial charge in [0.15, 0.2) is 0 Å². The fourth-order valence-corrected chi connectivity index (χ4v) is 3.70. The zero-order chi connectivity index (χ0) is 13.8. The molecule has 1 atom stereocenters. The van der Waals surface area contributed by atoms with Crippen molar-refractivity contribution in [2.75, 3.05) is 0 Å². The summed E-state index contributed by atoms with van der Waals surface area (Å²) in [5.74, 6) is 0.459. The maximum absolute atomic E-state index is 10.8. The summed E-state index contributed by atoms with van der Waals surface area (Å²) in [4.78, 5) is 0. The minimum Gasteiger partial charge on any atom is -0.388 e. The Labute approximate surface area is 118 Å². The summed E-state index contributed by atoms with van der Waals surface area (Å²) in [7, 11) is 0. The van der Waals surface area contributed by atoms with Crippen molar-refractivity contribution < 1.29 is 5.11 Å². The van der Waals surface area contributed by atoms with Gasteiger partial charge in [0.1, 0.15) is 0 Å². The highest BCUT2D eigenvalue weighted by Gasteiger charge is 2.24. The maximum atomic E-state index is 10.8. The van der Waals surface area contributed by atoms with Gasteiger partial charge in [-0.15, -0.1) is 0 Å². The van der Waals surface area contributed by atoms with Crippen molar-refractivity contribution in [2.45, 2.75) is 71.8 Å². The quantitative estimate of drug-likeness (QED) is 0.793. The third-order valence-corrected chi connectivity index (χ3v) is 4.63. The average Bonchev–Trinajstić information content (AvgIpc) is 2.26. The van der Waals surface area contributed by atoms with Crippen LogP contribution in [0.1, 0.15) is 73.3 Å². The van der Waals surface area contributed by atoms with Crippen LogP contribution in [0.5, 0.6) is 0 Å². The van der Waals surface area contributed by atoms with Crippen LogP contribution in [0.2, 0.25) is 0 Å². The SMILES string of the molecule is Cc1cc(C)c(C(O)C2CCCCCCC2)c(C)c1. The molecule has 1 aromatic rings. The lowest BCUT2D eigenvalue weighted by Gasteiger charge is -2.27. The number of hydrogen-bond acceptors (Lipinski definition) is 1. The Bertz CT molecular complexity index is 391. The van der Waals surface area contributed by atoms with Crippen LogP contribution in [0.25, 0.3) is 0 Å². The second-order valence-electron chi connectivity index (χ2n) is 6.36. The van der Waals surface area contributed by atoms with Gasteiger partial charge in [0.25, 0.3) is 0 Å². The predicted octanol–water partition coefficient (Wildman–Crippen LogP) is 5.01. The maximum Gasteiger partial charge on any atom is 0.0823 e. The zero-order valence-corrected chi connectivity index (χ0v) is 12.7. The monoisotopic (exact) mass is 260 g/mol. The average molecular weight is 260 g/mol. The Morgan fingerprint density at radius 1 is 0.895 bits per heavy atom. The van der Waals surface area contributed by atoms with E-state index in [1.807, 2.05) is 0 Å². The predicted molar refractivity (Wildman–Crippen MR) is 81.4 cm³/mol. The van der Waals surface area contributed by atoms with E-state index in [1.165, 1.54) is 67.2 Å². The number of rotatable bonds is 2. The molecule has 1 aliphatic carbocycles. The standard InChI is InChI=1S/C18H28O/c1-13-11-14(2)17(15(3)12-13)18(19)16-9-7-5-4-6-8-10-16/h11-12,16,18-19H,4-10H2,1-3H3. The van der Waals surface area contributed by atoms with E-state index >= 15 is 0 Å². The van der Waals surface area contributed by atoms with Crippen LogP contribution >= 0.6 is 0 Å². The molecule has 106 valence electrons. The van der Waals surface area contributed by atoms with E-state index in [1.54, 1.807) is 0 Å². The fourth-order valence-electron chi connectivity index (χ4n) is 3.70. The molecular weight excluding hydrogens is 232 g/mol. The normalized spacial score (nSPS) is 19.8. The molecule has 0 radical (unpaired) electrons. The molecule has 1 nitrogen and oxygen atoms in total. The molecule has 0 amide bonds. The summed E-state index contributed by atoms with van der Waals surface area (Å²) >= 11 is 0. The number of benzene rings is 1. The van der Waals surface area contributed by atoms with E-state index in [4.69, 9.17) is 0 Å². The molecule has 19 heavy (non-hydrogen) atoms. The molecule has 1 aromatic carbocycles. The fraction of sp³-hybridized carbons (Fsp3) is 0.667. The third kappa shape index (κ3) is 3.60. The Hall–Kier alpha value is -0.820. The van der Waals surface area contributed by atoms with Gasteiger partial charge in [-0.2, -0.15) is 0 Å². The highest BCUT2D eigenvalue weighted by molar-refractivity contribution is 5.39.